The van der Waals surface area contributed by atoms with E-state index in [1.165, 1.54) is 22.7 Å². The standard InChI is InChI=1S/C21H16Cl2N2O2S2/c1-25(21(27)19-17(23)13-7-3-5-9-15(13)29-19)11-10-24-20(26)18-16(22)12-6-2-4-8-14(12)28-18/h2-9H,10-11H2,1H3,(H,24,26). The third kappa shape index (κ3) is 3.85. The van der Waals surface area contributed by atoms with Gasteiger partial charge in [-0.05, 0) is 12.1 Å². The van der Waals surface area contributed by atoms with Crippen molar-refractivity contribution in [3.8, 4) is 0 Å². The summed E-state index contributed by atoms with van der Waals surface area (Å²) in [5.74, 6) is -0.401. The molecule has 0 aliphatic carbocycles. The Hall–Kier alpha value is -2.12. The first-order chi connectivity index (χ1) is 14.0. The molecule has 0 saturated carbocycles. The second kappa shape index (κ2) is 8.32. The highest BCUT2D eigenvalue weighted by molar-refractivity contribution is 7.22. The molecule has 4 nitrogen and oxygen atoms in total. The number of benzene rings is 2. The maximum absolute atomic E-state index is 12.8. The van der Waals surface area contributed by atoms with Crippen molar-refractivity contribution < 1.29 is 9.59 Å². The van der Waals surface area contributed by atoms with Crippen molar-refractivity contribution in [1.29, 1.82) is 0 Å². The number of thiophene rings is 2. The van der Waals surface area contributed by atoms with E-state index in [9.17, 15) is 9.59 Å². The van der Waals surface area contributed by atoms with Crippen molar-refractivity contribution in [2.24, 2.45) is 0 Å². The molecule has 0 spiro atoms. The fourth-order valence-corrected chi connectivity index (χ4v) is 5.94. The molecule has 4 aromatic rings. The van der Waals surface area contributed by atoms with Crippen LogP contribution in [0.15, 0.2) is 48.5 Å². The molecule has 2 amide bonds. The second-order valence-electron chi connectivity index (χ2n) is 6.47. The molecular weight excluding hydrogens is 447 g/mol. The molecule has 0 radical (unpaired) electrons. The van der Waals surface area contributed by atoms with E-state index in [0.717, 1.165) is 20.2 Å². The number of carbonyl (C=O) groups excluding carboxylic acids is 2. The summed E-state index contributed by atoms with van der Waals surface area (Å²) in [6.07, 6.45) is 0. The fraction of sp³-hybridized carbons (Fsp3) is 0.143. The van der Waals surface area contributed by atoms with Crippen molar-refractivity contribution in [1.82, 2.24) is 10.2 Å². The van der Waals surface area contributed by atoms with Crippen LogP contribution in [0.25, 0.3) is 20.2 Å². The monoisotopic (exact) mass is 462 g/mol. The van der Waals surface area contributed by atoms with E-state index in [-0.39, 0.29) is 11.8 Å². The second-order valence-corrected chi connectivity index (χ2v) is 9.33. The normalized spacial score (nSPS) is 11.1. The van der Waals surface area contributed by atoms with Crippen molar-refractivity contribution in [3.63, 3.8) is 0 Å². The maximum atomic E-state index is 12.8. The van der Waals surface area contributed by atoms with Crippen LogP contribution in [0, 0.1) is 0 Å². The molecule has 2 aromatic carbocycles. The first-order valence-electron chi connectivity index (χ1n) is 8.85. The molecule has 8 heteroatoms. The van der Waals surface area contributed by atoms with Gasteiger partial charge < -0.3 is 10.2 Å². The lowest BCUT2D eigenvalue weighted by Gasteiger charge is -2.16. The Labute approximate surface area is 185 Å². The Bertz CT molecular complexity index is 1230. The largest absolute Gasteiger partial charge is 0.350 e. The van der Waals surface area contributed by atoms with Crippen molar-refractivity contribution in [2.75, 3.05) is 20.1 Å². The number of carbonyl (C=O) groups is 2. The van der Waals surface area contributed by atoms with Gasteiger partial charge in [-0.3, -0.25) is 9.59 Å². The van der Waals surface area contributed by atoms with E-state index in [1.807, 2.05) is 48.5 Å². The van der Waals surface area contributed by atoms with Crippen LogP contribution in [-0.2, 0) is 0 Å². The van der Waals surface area contributed by atoms with E-state index in [2.05, 4.69) is 5.32 Å². The van der Waals surface area contributed by atoms with Gasteiger partial charge in [-0.15, -0.1) is 22.7 Å². The van der Waals surface area contributed by atoms with Crippen LogP contribution in [0.5, 0.6) is 0 Å². The molecule has 29 heavy (non-hydrogen) atoms. The molecule has 0 saturated heterocycles. The topological polar surface area (TPSA) is 49.4 Å². The van der Waals surface area contributed by atoms with Gasteiger partial charge >= 0.3 is 0 Å². The molecule has 0 atom stereocenters. The van der Waals surface area contributed by atoms with Gasteiger partial charge in [0.25, 0.3) is 11.8 Å². The summed E-state index contributed by atoms with van der Waals surface area (Å²) in [4.78, 5) is 27.8. The minimum atomic E-state index is -0.239. The van der Waals surface area contributed by atoms with Crippen molar-refractivity contribution >= 4 is 77.9 Å². The zero-order chi connectivity index (χ0) is 20.5. The summed E-state index contributed by atoms with van der Waals surface area (Å²) < 4.78 is 1.94. The van der Waals surface area contributed by atoms with Gasteiger partial charge in [-0.1, -0.05) is 59.6 Å². The van der Waals surface area contributed by atoms with Crippen LogP contribution >= 0.6 is 45.9 Å². The van der Waals surface area contributed by atoms with Crippen LogP contribution in [0.1, 0.15) is 19.3 Å². The molecule has 0 fully saturated rings. The Morgan fingerprint density at radius 2 is 1.41 bits per heavy atom. The van der Waals surface area contributed by atoms with Gasteiger partial charge in [0.05, 0.1) is 10.0 Å². The quantitative estimate of drug-likeness (QED) is 0.399. The highest BCUT2D eigenvalue weighted by Gasteiger charge is 2.21. The van der Waals surface area contributed by atoms with Gasteiger partial charge in [0.1, 0.15) is 9.75 Å². The number of rotatable bonds is 5. The Morgan fingerprint density at radius 1 is 0.897 bits per heavy atom. The molecule has 4 rings (SSSR count). The summed E-state index contributed by atoms with van der Waals surface area (Å²) in [7, 11) is 1.70. The highest BCUT2D eigenvalue weighted by atomic mass is 35.5. The molecule has 0 bridgehead atoms. The molecule has 2 aromatic heterocycles. The molecule has 1 N–H and O–H groups in total. The summed E-state index contributed by atoms with van der Waals surface area (Å²) >= 11 is 15.5. The van der Waals surface area contributed by atoms with Gasteiger partial charge in [0.15, 0.2) is 0 Å². The van der Waals surface area contributed by atoms with E-state index in [1.54, 1.807) is 11.9 Å². The highest BCUT2D eigenvalue weighted by Crippen LogP contribution is 2.36. The van der Waals surface area contributed by atoms with E-state index < -0.39 is 0 Å². The Balaban J connectivity index is 1.40. The van der Waals surface area contributed by atoms with Crippen LogP contribution in [0.2, 0.25) is 10.0 Å². The molecule has 2 heterocycles. The number of hydrogen-bond donors (Lipinski definition) is 1. The van der Waals surface area contributed by atoms with E-state index in [4.69, 9.17) is 23.2 Å². The summed E-state index contributed by atoms with van der Waals surface area (Å²) in [6, 6.07) is 15.3. The molecule has 0 unspecified atom stereocenters. The zero-order valence-corrected chi connectivity index (χ0v) is 18.5. The average molecular weight is 463 g/mol. The van der Waals surface area contributed by atoms with Gasteiger partial charge in [0, 0.05) is 40.3 Å². The number of nitrogens with one attached hydrogen (secondary N) is 1. The lowest BCUT2D eigenvalue weighted by atomic mass is 10.2. The number of halogens is 2. The minimum absolute atomic E-state index is 0.162. The third-order valence-corrected chi connectivity index (χ3v) is 7.89. The molecule has 0 aliphatic rings. The summed E-state index contributed by atoms with van der Waals surface area (Å²) in [5, 5.41) is 5.53. The minimum Gasteiger partial charge on any atom is -0.350 e. The molecular formula is C21H16Cl2N2O2S2. The van der Waals surface area contributed by atoms with Crippen LogP contribution in [-0.4, -0.2) is 36.9 Å². The Morgan fingerprint density at radius 3 is 2.00 bits per heavy atom. The summed E-state index contributed by atoms with van der Waals surface area (Å²) in [6.45, 7) is 0.672. The van der Waals surface area contributed by atoms with Crippen LogP contribution in [0.3, 0.4) is 0 Å². The predicted octanol–water partition coefficient (Wildman–Crippen LogP) is 5.92. The number of nitrogens with zero attached hydrogens (tertiary/aromatic N) is 1. The summed E-state index contributed by atoms with van der Waals surface area (Å²) in [5.41, 5.74) is 0. The first kappa shape index (κ1) is 20.2. The third-order valence-electron chi connectivity index (χ3n) is 4.55. The lowest BCUT2D eigenvalue weighted by molar-refractivity contribution is 0.0792. The maximum Gasteiger partial charge on any atom is 0.265 e. The number of hydrogen-bond acceptors (Lipinski definition) is 4. The predicted molar refractivity (Wildman–Crippen MR) is 123 cm³/mol. The number of fused-ring (bicyclic) bond motifs is 2. The Kier molecular flexibility index (Phi) is 5.79. The average Bonchev–Trinajstić information content (AvgIpc) is 3.25. The SMILES string of the molecule is CN(CCNC(=O)c1sc2ccccc2c1Cl)C(=O)c1sc2ccccc2c1Cl. The van der Waals surface area contributed by atoms with E-state index >= 15 is 0 Å². The molecule has 0 aliphatic heterocycles. The van der Waals surface area contributed by atoms with Crippen molar-refractivity contribution in [2.45, 2.75) is 0 Å². The lowest BCUT2D eigenvalue weighted by Crippen LogP contribution is -2.35. The van der Waals surface area contributed by atoms with Gasteiger partial charge in [-0.25, -0.2) is 0 Å². The smallest absolute Gasteiger partial charge is 0.265 e. The first-order valence-corrected chi connectivity index (χ1v) is 11.2. The number of amides is 2. The fourth-order valence-electron chi connectivity index (χ4n) is 3.00. The van der Waals surface area contributed by atoms with Gasteiger partial charge in [0.2, 0.25) is 0 Å². The zero-order valence-electron chi connectivity index (χ0n) is 15.4. The van der Waals surface area contributed by atoms with Gasteiger partial charge in [-0.2, -0.15) is 0 Å². The van der Waals surface area contributed by atoms with Crippen molar-refractivity contribution in [3.05, 3.63) is 68.3 Å². The molecule has 148 valence electrons. The number of likely N-dealkylation sites (N-methyl/N-ethyl adjacent to an activating group) is 1. The van der Waals surface area contributed by atoms with Crippen LogP contribution in [0.4, 0.5) is 0 Å². The van der Waals surface area contributed by atoms with Crippen LogP contribution < -0.4 is 5.32 Å². The van der Waals surface area contributed by atoms with E-state index in [0.29, 0.717) is 32.9 Å².